The molecule has 0 saturated heterocycles. The summed E-state index contributed by atoms with van der Waals surface area (Å²) < 4.78 is 17.8. The summed E-state index contributed by atoms with van der Waals surface area (Å²) in [6.45, 7) is 0.679. The van der Waals surface area contributed by atoms with Crippen LogP contribution >= 0.6 is 0 Å². The molecule has 0 unspecified atom stereocenters. The number of aliphatic hydroxyl groups excluding tert-OH is 1. The van der Waals surface area contributed by atoms with Crippen molar-refractivity contribution in [2.75, 3.05) is 19.8 Å². The van der Waals surface area contributed by atoms with E-state index >= 15 is 0 Å². The molecule has 0 aliphatic rings. The lowest BCUT2D eigenvalue weighted by molar-refractivity contribution is -0.123. The van der Waals surface area contributed by atoms with Crippen LogP contribution in [0.15, 0.2) is 24.3 Å². The molecule has 5 heteroatoms. The number of carbonyl (C=O) groups is 1. The van der Waals surface area contributed by atoms with Crippen LogP contribution in [-0.4, -0.2) is 30.8 Å². The molecule has 0 bridgehead atoms. The average molecular weight is 255 g/mol. The van der Waals surface area contributed by atoms with Crippen LogP contribution in [0.1, 0.15) is 19.3 Å². The van der Waals surface area contributed by atoms with E-state index in [1.807, 2.05) is 0 Å². The predicted octanol–water partition coefficient (Wildman–Crippen LogP) is 1.48. The summed E-state index contributed by atoms with van der Waals surface area (Å²) in [7, 11) is 0. The van der Waals surface area contributed by atoms with Crippen molar-refractivity contribution < 1.29 is 19.0 Å². The fourth-order valence-corrected chi connectivity index (χ4v) is 1.37. The van der Waals surface area contributed by atoms with Crippen molar-refractivity contribution in [3.05, 3.63) is 30.1 Å². The maximum atomic E-state index is 12.6. The van der Waals surface area contributed by atoms with Gasteiger partial charge in [-0.2, -0.15) is 0 Å². The molecule has 100 valence electrons. The molecule has 2 N–H and O–H groups in total. The van der Waals surface area contributed by atoms with Crippen LogP contribution in [0.4, 0.5) is 4.39 Å². The third-order valence-corrected chi connectivity index (χ3v) is 2.34. The zero-order valence-electron chi connectivity index (χ0n) is 10.2. The van der Waals surface area contributed by atoms with Gasteiger partial charge in [0, 0.05) is 13.2 Å². The summed E-state index contributed by atoms with van der Waals surface area (Å²) in [5, 5.41) is 11.3. The number of nitrogens with one attached hydrogen (secondary N) is 1. The first kappa shape index (κ1) is 14.4. The van der Waals surface area contributed by atoms with Gasteiger partial charge in [0.1, 0.15) is 11.6 Å². The van der Waals surface area contributed by atoms with Crippen LogP contribution in [0.3, 0.4) is 0 Å². The van der Waals surface area contributed by atoms with Gasteiger partial charge in [-0.1, -0.05) is 0 Å². The van der Waals surface area contributed by atoms with Crippen molar-refractivity contribution in [1.29, 1.82) is 0 Å². The maximum Gasteiger partial charge on any atom is 0.257 e. The second-order valence-corrected chi connectivity index (χ2v) is 3.88. The monoisotopic (exact) mass is 255 g/mol. The lowest BCUT2D eigenvalue weighted by Gasteiger charge is -2.07. The number of halogens is 1. The van der Waals surface area contributed by atoms with E-state index in [-0.39, 0.29) is 24.9 Å². The Morgan fingerprint density at radius 1 is 1.22 bits per heavy atom. The van der Waals surface area contributed by atoms with Crippen molar-refractivity contribution in [1.82, 2.24) is 5.32 Å². The highest BCUT2D eigenvalue weighted by Gasteiger charge is 2.02. The number of hydrogen-bond donors (Lipinski definition) is 2. The summed E-state index contributed by atoms with van der Waals surface area (Å²) in [6.07, 6.45) is 2.47. The normalized spacial score (nSPS) is 10.1. The number of unbranched alkanes of at least 4 members (excludes halogenated alkanes) is 2. The minimum atomic E-state index is -0.337. The SMILES string of the molecule is O=C(COc1ccc(F)cc1)NCCCCCO. The molecule has 0 heterocycles. The lowest BCUT2D eigenvalue weighted by Crippen LogP contribution is -2.29. The summed E-state index contributed by atoms with van der Waals surface area (Å²) >= 11 is 0. The Morgan fingerprint density at radius 3 is 2.61 bits per heavy atom. The lowest BCUT2D eigenvalue weighted by atomic mass is 10.2. The van der Waals surface area contributed by atoms with Gasteiger partial charge in [-0.3, -0.25) is 4.79 Å². The van der Waals surface area contributed by atoms with E-state index in [1.54, 1.807) is 0 Å². The molecule has 18 heavy (non-hydrogen) atoms. The van der Waals surface area contributed by atoms with E-state index in [4.69, 9.17) is 9.84 Å². The van der Waals surface area contributed by atoms with Crippen LogP contribution in [0.25, 0.3) is 0 Å². The van der Waals surface area contributed by atoms with Gasteiger partial charge in [-0.25, -0.2) is 4.39 Å². The standard InChI is InChI=1S/C13H18FNO3/c14-11-4-6-12(7-5-11)18-10-13(17)15-8-2-1-3-9-16/h4-7,16H,1-3,8-10H2,(H,15,17). The highest BCUT2D eigenvalue weighted by Crippen LogP contribution is 2.10. The fraction of sp³-hybridized carbons (Fsp3) is 0.462. The molecule has 4 nitrogen and oxygen atoms in total. The zero-order chi connectivity index (χ0) is 13.2. The largest absolute Gasteiger partial charge is 0.484 e. The van der Waals surface area contributed by atoms with E-state index in [0.717, 1.165) is 19.3 Å². The number of benzene rings is 1. The molecule has 0 radical (unpaired) electrons. The Hall–Kier alpha value is -1.62. The molecule has 0 atom stereocenters. The van der Waals surface area contributed by atoms with E-state index in [2.05, 4.69) is 5.32 Å². The fourth-order valence-electron chi connectivity index (χ4n) is 1.37. The van der Waals surface area contributed by atoms with Crippen molar-refractivity contribution in [3.63, 3.8) is 0 Å². The third kappa shape index (κ3) is 6.20. The number of amides is 1. The number of rotatable bonds is 8. The number of hydrogen-bond acceptors (Lipinski definition) is 3. The molecular formula is C13H18FNO3. The molecule has 0 fully saturated rings. The van der Waals surface area contributed by atoms with Crippen LogP contribution in [0.2, 0.25) is 0 Å². The minimum absolute atomic E-state index is 0.0777. The van der Waals surface area contributed by atoms with Gasteiger partial charge in [0.25, 0.3) is 5.91 Å². The van der Waals surface area contributed by atoms with Gasteiger partial charge in [-0.05, 0) is 43.5 Å². The first-order valence-corrected chi connectivity index (χ1v) is 5.98. The van der Waals surface area contributed by atoms with Crippen molar-refractivity contribution in [2.45, 2.75) is 19.3 Å². The molecule has 1 rings (SSSR count). The Labute approximate surface area is 106 Å². The number of ether oxygens (including phenoxy) is 1. The first-order chi connectivity index (χ1) is 8.72. The quantitative estimate of drug-likeness (QED) is 0.692. The molecule has 1 amide bonds. The van der Waals surface area contributed by atoms with Gasteiger partial charge in [-0.15, -0.1) is 0 Å². The van der Waals surface area contributed by atoms with Gasteiger partial charge < -0.3 is 15.2 Å². The molecule has 0 aliphatic carbocycles. The molecule has 0 saturated carbocycles. The van der Waals surface area contributed by atoms with Gasteiger partial charge >= 0.3 is 0 Å². The second-order valence-electron chi connectivity index (χ2n) is 3.88. The Balaban J connectivity index is 2.11. The Bertz CT molecular complexity index is 354. The Morgan fingerprint density at radius 2 is 1.94 bits per heavy atom. The smallest absolute Gasteiger partial charge is 0.257 e. The second kappa shape index (κ2) is 8.47. The van der Waals surface area contributed by atoms with Crippen LogP contribution in [-0.2, 0) is 4.79 Å². The summed E-state index contributed by atoms with van der Waals surface area (Å²) in [5.41, 5.74) is 0. The van der Waals surface area contributed by atoms with Gasteiger partial charge in [0.2, 0.25) is 0 Å². The summed E-state index contributed by atoms with van der Waals surface area (Å²) in [5.74, 6) is -0.0779. The third-order valence-electron chi connectivity index (χ3n) is 2.34. The first-order valence-electron chi connectivity index (χ1n) is 5.98. The molecule has 0 aliphatic heterocycles. The van der Waals surface area contributed by atoms with Gasteiger partial charge in [0.05, 0.1) is 0 Å². The average Bonchev–Trinajstić information content (AvgIpc) is 2.38. The van der Waals surface area contributed by atoms with E-state index in [0.29, 0.717) is 12.3 Å². The van der Waals surface area contributed by atoms with E-state index < -0.39 is 0 Å². The topological polar surface area (TPSA) is 58.6 Å². The number of aliphatic hydroxyl groups is 1. The van der Waals surface area contributed by atoms with E-state index in [9.17, 15) is 9.18 Å². The molecule has 1 aromatic carbocycles. The van der Waals surface area contributed by atoms with Crippen LogP contribution < -0.4 is 10.1 Å². The predicted molar refractivity (Wildman–Crippen MR) is 65.8 cm³/mol. The molecule has 0 aromatic heterocycles. The van der Waals surface area contributed by atoms with Crippen LogP contribution in [0, 0.1) is 5.82 Å². The molecule has 0 spiro atoms. The van der Waals surface area contributed by atoms with E-state index in [1.165, 1.54) is 24.3 Å². The van der Waals surface area contributed by atoms with Crippen molar-refractivity contribution >= 4 is 5.91 Å². The van der Waals surface area contributed by atoms with Crippen molar-refractivity contribution in [2.24, 2.45) is 0 Å². The van der Waals surface area contributed by atoms with Crippen LogP contribution in [0.5, 0.6) is 5.75 Å². The highest BCUT2D eigenvalue weighted by atomic mass is 19.1. The molecular weight excluding hydrogens is 237 g/mol. The molecule has 1 aromatic rings. The summed E-state index contributed by atoms with van der Waals surface area (Å²) in [4.78, 5) is 11.4. The maximum absolute atomic E-state index is 12.6. The highest BCUT2D eigenvalue weighted by molar-refractivity contribution is 5.77. The number of carbonyl (C=O) groups excluding carboxylic acids is 1. The zero-order valence-corrected chi connectivity index (χ0v) is 10.2. The minimum Gasteiger partial charge on any atom is -0.484 e. The Kier molecular flexibility index (Phi) is 6.79. The van der Waals surface area contributed by atoms with Crippen molar-refractivity contribution in [3.8, 4) is 5.75 Å². The summed E-state index contributed by atoms with van der Waals surface area (Å²) in [6, 6.07) is 5.51. The van der Waals surface area contributed by atoms with Gasteiger partial charge in [0.15, 0.2) is 6.61 Å².